The number of rotatable bonds is 3. The van der Waals surface area contributed by atoms with E-state index in [0.717, 1.165) is 27.6 Å². The van der Waals surface area contributed by atoms with Crippen molar-refractivity contribution in [2.45, 2.75) is 20.0 Å². The van der Waals surface area contributed by atoms with Crippen LogP contribution < -0.4 is 4.74 Å². The van der Waals surface area contributed by atoms with E-state index in [-0.39, 0.29) is 0 Å². The lowest BCUT2D eigenvalue weighted by Crippen LogP contribution is -1.91. The zero-order chi connectivity index (χ0) is 13.1. The number of hydrogen-bond donors (Lipinski definition) is 1. The smallest absolute Gasteiger partial charge is 0.127 e. The molecule has 0 bridgehead atoms. The van der Waals surface area contributed by atoms with E-state index in [2.05, 4.69) is 0 Å². The second-order valence-electron chi connectivity index (χ2n) is 4.26. The fraction of sp³-hybridized carbons (Fsp3) is 0.200. The number of benzene rings is 2. The molecule has 2 aromatic carbocycles. The van der Waals surface area contributed by atoms with Crippen molar-refractivity contribution in [3.05, 3.63) is 58.6 Å². The molecule has 94 valence electrons. The van der Waals surface area contributed by atoms with Crippen LogP contribution in [0.1, 0.15) is 24.2 Å². The average Bonchev–Trinajstić information content (AvgIpc) is 2.34. The summed E-state index contributed by atoms with van der Waals surface area (Å²) in [6, 6.07) is 12.9. The van der Waals surface area contributed by atoms with Crippen LogP contribution in [-0.2, 0) is 0 Å². The van der Waals surface area contributed by atoms with Gasteiger partial charge in [-0.3, -0.25) is 0 Å². The number of aliphatic hydroxyl groups excluding tert-OH is 1. The van der Waals surface area contributed by atoms with Crippen LogP contribution in [0.15, 0.2) is 42.5 Å². The summed E-state index contributed by atoms with van der Waals surface area (Å²) in [5.74, 6) is 1.49. The van der Waals surface area contributed by atoms with E-state index in [1.165, 1.54) is 0 Å². The first-order valence-corrected chi connectivity index (χ1v) is 6.16. The van der Waals surface area contributed by atoms with Crippen molar-refractivity contribution in [1.29, 1.82) is 0 Å². The van der Waals surface area contributed by atoms with Gasteiger partial charge in [0.25, 0.3) is 0 Å². The van der Waals surface area contributed by atoms with Crippen LogP contribution in [0, 0.1) is 6.92 Å². The zero-order valence-corrected chi connectivity index (χ0v) is 11.1. The van der Waals surface area contributed by atoms with Gasteiger partial charge in [0.2, 0.25) is 0 Å². The van der Waals surface area contributed by atoms with Gasteiger partial charge in [0, 0.05) is 5.02 Å². The quantitative estimate of drug-likeness (QED) is 0.883. The number of ether oxygens (including phenoxy) is 1. The van der Waals surface area contributed by atoms with Crippen LogP contribution in [0.25, 0.3) is 0 Å². The molecule has 0 radical (unpaired) electrons. The van der Waals surface area contributed by atoms with E-state index < -0.39 is 6.10 Å². The van der Waals surface area contributed by atoms with Gasteiger partial charge in [-0.2, -0.15) is 0 Å². The Labute approximate surface area is 112 Å². The second kappa shape index (κ2) is 5.42. The van der Waals surface area contributed by atoms with Crippen LogP contribution >= 0.6 is 11.6 Å². The molecule has 2 aromatic rings. The molecule has 1 unspecified atom stereocenters. The zero-order valence-electron chi connectivity index (χ0n) is 10.4. The lowest BCUT2D eigenvalue weighted by atomic mass is 10.1. The summed E-state index contributed by atoms with van der Waals surface area (Å²) in [6.07, 6.45) is -0.461. The van der Waals surface area contributed by atoms with Crippen molar-refractivity contribution >= 4 is 11.6 Å². The first-order valence-electron chi connectivity index (χ1n) is 5.78. The largest absolute Gasteiger partial charge is 0.457 e. The van der Waals surface area contributed by atoms with Crippen molar-refractivity contribution in [2.24, 2.45) is 0 Å². The maximum Gasteiger partial charge on any atom is 0.127 e. The van der Waals surface area contributed by atoms with Gasteiger partial charge in [-0.25, -0.2) is 0 Å². The van der Waals surface area contributed by atoms with Gasteiger partial charge in [0.15, 0.2) is 0 Å². The number of aliphatic hydroxyl groups is 1. The van der Waals surface area contributed by atoms with Crippen LogP contribution in [0.2, 0.25) is 5.02 Å². The van der Waals surface area contributed by atoms with Crippen LogP contribution in [0.5, 0.6) is 11.5 Å². The minimum absolute atomic E-state index is 0.461. The highest BCUT2D eigenvalue weighted by Gasteiger charge is 2.03. The van der Waals surface area contributed by atoms with E-state index in [9.17, 15) is 5.11 Å². The van der Waals surface area contributed by atoms with E-state index in [0.29, 0.717) is 0 Å². The molecule has 0 aliphatic heterocycles. The predicted molar refractivity (Wildman–Crippen MR) is 73.3 cm³/mol. The molecule has 0 aliphatic rings. The molecule has 0 saturated carbocycles. The molecule has 18 heavy (non-hydrogen) atoms. The van der Waals surface area contributed by atoms with Crippen molar-refractivity contribution in [2.75, 3.05) is 0 Å². The highest BCUT2D eigenvalue weighted by molar-refractivity contribution is 6.31. The minimum Gasteiger partial charge on any atom is -0.457 e. The Hall–Kier alpha value is -1.51. The van der Waals surface area contributed by atoms with Crippen molar-refractivity contribution < 1.29 is 9.84 Å². The molecule has 0 spiro atoms. The molecule has 3 heteroatoms. The Morgan fingerprint density at radius 1 is 1.06 bits per heavy atom. The second-order valence-corrected chi connectivity index (χ2v) is 4.67. The predicted octanol–water partition coefficient (Wildman–Crippen LogP) is 4.49. The van der Waals surface area contributed by atoms with Gasteiger partial charge in [0.05, 0.1) is 6.10 Å². The summed E-state index contributed by atoms with van der Waals surface area (Å²) in [4.78, 5) is 0. The standard InChI is InChI=1S/C15H15ClO2/c1-10-9-14(7-8-15(10)16)18-13-5-3-12(4-6-13)11(2)17/h3-9,11,17H,1-2H3. The normalized spacial score (nSPS) is 12.2. The SMILES string of the molecule is Cc1cc(Oc2ccc(C(C)O)cc2)ccc1Cl. The molecule has 1 atom stereocenters. The summed E-state index contributed by atoms with van der Waals surface area (Å²) in [5.41, 5.74) is 1.85. The molecule has 0 amide bonds. The van der Waals surface area contributed by atoms with Crippen molar-refractivity contribution in [3.8, 4) is 11.5 Å². The highest BCUT2D eigenvalue weighted by Crippen LogP contribution is 2.26. The Kier molecular flexibility index (Phi) is 3.90. The van der Waals surface area contributed by atoms with E-state index in [4.69, 9.17) is 16.3 Å². The fourth-order valence-corrected chi connectivity index (χ4v) is 1.75. The molecule has 0 fully saturated rings. The summed E-state index contributed by atoms with van der Waals surface area (Å²) in [6.45, 7) is 3.67. The van der Waals surface area contributed by atoms with Crippen LogP contribution in [0.4, 0.5) is 0 Å². The third-order valence-corrected chi connectivity index (χ3v) is 3.15. The summed E-state index contributed by atoms with van der Waals surface area (Å²) >= 11 is 5.96. The van der Waals surface area contributed by atoms with Gasteiger partial charge < -0.3 is 9.84 Å². The minimum atomic E-state index is -0.461. The third-order valence-electron chi connectivity index (χ3n) is 2.73. The highest BCUT2D eigenvalue weighted by atomic mass is 35.5. The molecule has 2 nitrogen and oxygen atoms in total. The van der Waals surface area contributed by atoms with Gasteiger partial charge in [-0.05, 0) is 55.3 Å². The lowest BCUT2D eigenvalue weighted by Gasteiger charge is -2.09. The maximum absolute atomic E-state index is 9.42. The Balaban J connectivity index is 2.15. The molecule has 1 N–H and O–H groups in total. The molecule has 2 rings (SSSR count). The Morgan fingerprint density at radius 3 is 2.22 bits per heavy atom. The molecule has 0 saturated heterocycles. The number of aryl methyl sites for hydroxylation is 1. The summed E-state index contributed by atoms with van der Waals surface area (Å²) in [7, 11) is 0. The average molecular weight is 263 g/mol. The molecule has 0 heterocycles. The van der Waals surface area contributed by atoms with Gasteiger partial charge in [-0.15, -0.1) is 0 Å². The first kappa shape index (κ1) is 12.9. The monoisotopic (exact) mass is 262 g/mol. The number of halogens is 1. The molecular formula is C15H15ClO2. The molecule has 0 aliphatic carbocycles. The van der Waals surface area contributed by atoms with Gasteiger partial charge in [-0.1, -0.05) is 23.7 Å². The molecule has 0 aromatic heterocycles. The van der Waals surface area contributed by atoms with Crippen molar-refractivity contribution in [1.82, 2.24) is 0 Å². The third kappa shape index (κ3) is 3.03. The summed E-state index contributed by atoms with van der Waals surface area (Å²) in [5, 5.41) is 10.1. The fourth-order valence-electron chi connectivity index (χ4n) is 1.63. The maximum atomic E-state index is 9.42. The molecular weight excluding hydrogens is 248 g/mol. The lowest BCUT2D eigenvalue weighted by molar-refractivity contribution is 0.199. The van der Waals surface area contributed by atoms with Crippen molar-refractivity contribution in [3.63, 3.8) is 0 Å². The summed E-state index contributed by atoms with van der Waals surface area (Å²) < 4.78 is 5.71. The van der Waals surface area contributed by atoms with E-state index in [1.807, 2.05) is 49.4 Å². The first-order chi connectivity index (χ1) is 8.56. The number of hydrogen-bond acceptors (Lipinski definition) is 2. The van der Waals surface area contributed by atoms with Crippen LogP contribution in [0.3, 0.4) is 0 Å². The van der Waals surface area contributed by atoms with E-state index >= 15 is 0 Å². The van der Waals surface area contributed by atoms with Crippen LogP contribution in [-0.4, -0.2) is 5.11 Å². The topological polar surface area (TPSA) is 29.5 Å². The van der Waals surface area contributed by atoms with Gasteiger partial charge >= 0.3 is 0 Å². The Bertz CT molecular complexity index is 533. The van der Waals surface area contributed by atoms with E-state index in [1.54, 1.807) is 6.92 Å². The Morgan fingerprint density at radius 2 is 1.67 bits per heavy atom. The van der Waals surface area contributed by atoms with Gasteiger partial charge in [0.1, 0.15) is 11.5 Å².